The lowest BCUT2D eigenvalue weighted by Crippen LogP contribution is -2.40. The zero-order chi connectivity index (χ0) is 14.7. The van der Waals surface area contributed by atoms with Gasteiger partial charge in [-0.2, -0.15) is 0 Å². The van der Waals surface area contributed by atoms with E-state index < -0.39 is 0 Å². The molecule has 0 radical (unpaired) electrons. The maximum Gasteiger partial charge on any atom is 0.254 e. The van der Waals surface area contributed by atoms with Crippen LogP contribution in [0.15, 0.2) is 42.5 Å². The Hall–Kier alpha value is -2.40. The predicted octanol–water partition coefficient (Wildman–Crippen LogP) is 1.80. The van der Waals surface area contributed by atoms with Gasteiger partial charge in [-0.05, 0) is 24.3 Å². The number of ether oxygens (including phenoxy) is 1. The van der Waals surface area contributed by atoms with Gasteiger partial charge in [-0.3, -0.25) is 4.79 Å². The summed E-state index contributed by atoms with van der Waals surface area (Å²) < 4.78 is 5.26. The molecule has 5 nitrogen and oxygen atoms in total. The Balaban J connectivity index is 1.79. The highest BCUT2D eigenvalue weighted by molar-refractivity contribution is 5.94. The summed E-state index contributed by atoms with van der Waals surface area (Å²) >= 11 is 0. The Bertz CT molecular complexity index is 634. The number of hydrogen-bond acceptors (Lipinski definition) is 4. The zero-order valence-electron chi connectivity index (χ0n) is 11.7. The number of nitrogens with zero attached hydrogens (tertiary/aromatic N) is 2. The van der Waals surface area contributed by atoms with Gasteiger partial charge in [0.25, 0.3) is 5.91 Å². The molecule has 1 saturated heterocycles. The van der Waals surface area contributed by atoms with Gasteiger partial charge in [0.2, 0.25) is 0 Å². The molecule has 0 unspecified atom stereocenters. The smallest absolute Gasteiger partial charge is 0.254 e. The number of carbonyl (C=O) groups excluding carboxylic acids is 1. The van der Waals surface area contributed by atoms with Crippen LogP contribution in [0, 0.1) is 0 Å². The van der Waals surface area contributed by atoms with E-state index in [0.717, 1.165) is 11.3 Å². The van der Waals surface area contributed by atoms with Crippen LogP contribution in [0.5, 0.6) is 0 Å². The van der Waals surface area contributed by atoms with Gasteiger partial charge >= 0.3 is 0 Å². The van der Waals surface area contributed by atoms with Crippen LogP contribution in [-0.4, -0.2) is 42.1 Å². The molecule has 1 aromatic heterocycles. The van der Waals surface area contributed by atoms with Gasteiger partial charge in [0.1, 0.15) is 5.82 Å². The number of anilines is 1. The first kappa shape index (κ1) is 13.6. The molecule has 0 bridgehead atoms. The summed E-state index contributed by atoms with van der Waals surface area (Å²) in [5.41, 5.74) is 8.12. The lowest BCUT2D eigenvalue weighted by Gasteiger charge is -2.26. The summed E-state index contributed by atoms with van der Waals surface area (Å²) in [5, 5.41) is 0. The maximum atomic E-state index is 12.3. The molecule has 1 aliphatic rings. The number of hydrogen-bond donors (Lipinski definition) is 1. The van der Waals surface area contributed by atoms with E-state index in [1.807, 2.05) is 41.3 Å². The Morgan fingerprint density at radius 2 is 1.81 bits per heavy atom. The summed E-state index contributed by atoms with van der Waals surface area (Å²) in [5.74, 6) is 0.534. The van der Waals surface area contributed by atoms with Gasteiger partial charge in [-0.1, -0.05) is 18.2 Å². The fourth-order valence-electron chi connectivity index (χ4n) is 2.34. The van der Waals surface area contributed by atoms with Crippen LogP contribution in [0.2, 0.25) is 0 Å². The van der Waals surface area contributed by atoms with Crippen LogP contribution < -0.4 is 5.73 Å². The second kappa shape index (κ2) is 5.93. The minimum atomic E-state index is 0.0467. The van der Waals surface area contributed by atoms with E-state index in [4.69, 9.17) is 10.5 Å². The molecule has 0 aliphatic carbocycles. The number of pyridine rings is 1. The number of nitrogen functional groups attached to an aromatic ring is 1. The Morgan fingerprint density at radius 3 is 2.48 bits per heavy atom. The summed E-state index contributed by atoms with van der Waals surface area (Å²) in [4.78, 5) is 18.4. The quantitative estimate of drug-likeness (QED) is 0.912. The minimum absolute atomic E-state index is 0.0467. The standard InChI is InChI=1S/C16H17N3O2/c17-15-3-1-2-14(18-15)12-4-6-13(7-5-12)16(20)19-8-10-21-11-9-19/h1-7H,8-11H2,(H2,17,18). The lowest BCUT2D eigenvalue weighted by atomic mass is 10.1. The van der Waals surface area contributed by atoms with E-state index in [2.05, 4.69) is 4.98 Å². The van der Waals surface area contributed by atoms with Crippen molar-refractivity contribution in [2.75, 3.05) is 32.0 Å². The molecule has 0 spiro atoms. The van der Waals surface area contributed by atoms with Crippen molar-refractivity contribution in [3.63, 3.8) is 0 Å². The average Bonchev–Trinajstić information content (AvgIpc) is 2.55. The summed E-state index contributed by atoms with van der Waals surface area (Å²) in [6, 6.07) is 13.0. The van der Waals surface area contributed by atoms with Crippen molar-refractivity contribution in [1.82, 2.24) is 9.88 Å². The average molecular weight is 283 g/mol. The molecule has 1 aliphatic heterocycles. The first-order chi connectivity index (χ1) is 10.2. The highest BCUT2D eigenvalue weighted by atomic mass is 16.5. The fourth-order valence-corrected chi connectivity index (χ4v) is 2.34. The molecule has 2 heterocycles. The lowest BCUT2D eigenvalue weighted by molar-refractivity contribution is 0.0303. The molecule has 2 aromatic rings. The Morgan fingerprint density at radius 1 is 1.10 bits per heavy atom. The largest absolute Gasteiger partial charge is 0.384 e. The van der Waals surface area contributed by atoms with Crippen molar-refractivity contribution in [1.29, 1.82) is 0 Å². The molecule has 1 amide bonds. The van der Waals surface area contributed by atoms with Crippen LogP contribution in [0.3, 0.4) is 0 Å². The maximum absolute atomic E-state index is 12.3. The number of carbonyl (C=O) groups is 1. The monoisotopic (exact) mass is 283 g/mol. The number of benzene rings is 1. The molecule has 1 aromatic carbocycles. The minimum Gasteiger partial charge on any atom is -0.384 e. The molecule has 1 fully saturated rings. The SMILES string of the molecule is Nc1cccc(-c2ccc(C(=O)N3CCOCC3)cc2)n1. The predicted molar refractivity (Wildman–Crippen MR) is 80.8 cm³/mol. The number of morpholine rings is 1. The second-order valence-corrected chi connectivity index (χ2v) is 4.93. The van der Waals surface area contributed by atoms with Crippen LogP contribution >= 0.6 is 0 Å². The topological polar surface area (TPSA) is 68.5 Å². The van der Waals surface area contributed by atoms with Gasteiger partial charge < -0.3 is 15.4 Å². The fraction of sp³-hybridized carbons (Fsp3) is 0.250. The van der Waals surface area contributed by atoms with Crippen molar-refractivity contribution in [3.05, 3.63) is 48.0 Å². The second-order valence-electron chi connectivity index (χ2n) is 4.93. The van der Waals surface area contributed by atoms with Crippen molar-refractivity contribution < 1.29 is 9.53 Å². The number of nitrogens with two attached hydrogens (primary N) is 1. The van der Waals surface area contributed by atoms with E-state index in [0.29, 0.717) is 37.7 Å². The number of amides is 1. The molecule has 108 valence electrons. The van der Waals surface area contributed by atoms with E-state index in [1.165, 1.54) is 0 Å². The molecule has 2 N–H and O–H groups in total. The summed E-state index contributed by atoms with van der Waals surface area (Å²) in [7, 11) is 0. The van der Waals surface area contributed by atoms with Crippen molar-refractivity contribution >= 4 is 11.7 Å². The molecule has 0 saturated carbocycles. The number of rotatable bonds is 2. The molecule has 3 rings (SSSR count). The summed E-state index contributed by atoms with van der Waals surface area (Å²) in [6.07, 6.45) is 0. The van der Waals surface area contributed by atoms with Gasteiger partial charge in [-0.25, -0.2) is 4.98 Å². The van der Waals surface area contributed by atoms with Crippen molar-refractivity contribution in [2.45, 2.75) is 0 Å². The molecule has 5 heteroatoms. The highest BCUT2D eigenvalue weighted by Gasteiger charge is 2.18. The van der Waals surface area contributed by atoms with Crippen LogP contribution in [0.25, 0.3) is 11.3 Å². The van der Waals surface area contributed by atoms with E-state index in [1.54, 1.807) is 6.07 Å². The molecular weight excluding hydrogens is 266 g/mol. The molecule has 0 atom stereocenters. The number of aromatic nitrogens is 1. The van der Waals surface area contributed by atoms with Crippen LogP contribution in [-0.2, 0) is 4.74 Å². The summed E-state index contributed by atoms with van der Waals surface area (Å²) in [6.45, 7) is 2.52. The van der Waals surface area contributed by atoms with Gasteiger partial charge in [0, 0.05) is 24.2 Å². The Kier molecular flexibility index (Phi) is 3.83. The normalized spacial score (nSPS) is 15.0. The van der Waals surface area contributed by atoms with Gasteiger partial charge in [-0.15, -0.1) is 0 Å². The first-order valence-electron chi connectivity index (χ1n) is 6.94. The Labute approximate surface area is 123 Å². The van der Waals surface area contributed by atoms with Gasteiger partial charge in [0.05, 0.1) is 18.9 Å². The third-order valence-corrected chi connectivity index (χ3v) is 3.50. The molecule has 21 heavy (non-hydrogen) atoms. The van der Waals surface area contributed by atoms with E-state index >= 15 is 0 Å². The van der Waals surface area contributed by atoms with Gasteiger partial charge in [0.15, 0.2) is 0 Å². The van der Waals surface area contributed by atoms with Crippen LogP contribution in [0.4, 0.5) is 5.82 Å². The zero-order valence-corrected chi connectivity index (χ0v) is 11.7. The van der Waals surface area contributed by atoms with E-state index in [-0.39, 0.29) is 5.91 Å². The van der Waals surface area contributed by atoms with Crippen LogP contribution in [0.1, 0.15) is 10.4 Å². The first-order valence-corrected chi connectivity index (χ1v) is 6.94. The van der Waals surface area contributed by atoms with Crippen molar-refractivity contribution in [2.24, 2.45) is 0 Å². The highest BCUT2D eigenvalue weighted by Crippen LogP contribution is 2.19. The van der Waals surface area contributed by atoms with Crippen molar-refractivity contribution in [3.8, 4) is 11.3 Å². The third kappa shape index (κ3) is 3.03. The molecular formula is C16H17N3O2. The van der Waals surface area contributed by atoms with E-state index in [9.17, 15) is 4.79 Å². The third-order valence-electron chi connectivity index (χ3n) is 3.50.